The number of anilines is 3. The molecule has 0 radical (unpaired) electrons. The van der Waals surface area contributed by atoms with Gasteiger partial charge >= 0.3 is 0 Å². The summed E-state index contributed by atoms with van der Waals surface area (Å²) in [4.78, 5) is 8.74. The highest BCUT2D eigenvalue weighted by Crippen LogP contribution is 2.37. The molecule has 6 nitrogen and oxygen atoms in total. The molecule has 0 spiro atoms. The first-order valence-electron chi connectivity index (χ1n) is 10.0. The number of hydrogen-bond donors (Lipinski definition) is 2. The second-order valence-electron chi connectivity index (χ2n) is 7.45. The SMILES string of the molecule is Cc1cc(C=CC#N)cc(C)c1-c1cccc2c(N)nc(Nc3ccc(C#N)cn3)cc12. The van der Waals surface area contributed by atoms with E-state index in [0.717, 1.165) is 38.6 Å². The second kappa shape index (κ2) is 8.59. The van der Waals surface area contributed by atoms with Crippen LogP contribution in [0.5, 0.6) is 0 Å². The Morgan fingerprint density at radius 1 is 0.969 bits per heavy atom. The van der Waals surface area contributed by atoms with Gasteiger partial charge in [0, 0.05) is 17.7 Å². The molecule has 2 aromatic carbocycles. The lowest BCUT2D eigenvalue weighted by Crippen LogP contribution is -2.01. The van der Waals surface area contributed by atoms with Crippen LogP contribution >= 0.6 is 0 Å². The fourth-order valence-electron chi connectivity index (χ4n) is 3.90. The highest BCUT2D eigenvalue weighted by atomic mass is 15.1. The van der Waals surface area contributed by atoms with Crippen LogP contribution in [0, 0.1) is 36.5 Å². The summed E-state index contributed by atoms with van der Waals surface area (Å²) < 4.78 is 0. The molecule has 0 fully saturated rings. The minimum atomic E-state index is 0.421. The Kier molecular flexibility index (Phi) is 5.53. The highest BCUT2D eigenvalue weighted by molar-refractivity contribution is 6.03. The van der Waals surface area contributed by atoms with Gasteiger partial charge in [0.2, 0.25) is 0 Å². The van der Waals surface area contributed by atoms with Crippen LogP contribution in [0.4, 0.5) is 17.5 Å². The van der Waals surface area contributed by atoms with E-state index < -0.39 is 0 Å². The van der Waals surface area contributed by atoms with E-state index in [0.29, 0.717) is 23.0 Å². The van der Waals surface area contributed by atoms with Gasteiger partial charge in [-0.25, -0.2) is 9.97 Å². The number of nitrogen functional groups attached to an aromatic ring is 1. The third-order valence-electron chi connectivity index (χ3n) is 5.23. The number of rotatable bonds is 4. The lowest BCUT2D eigenvalue weighted by molar-refractivity contribution is 1.25. The topological polar surface area (TPSA) is 111 Å². The Labute approximate surface area is 186 Å². The quantitative estimate of drug-likeness (QED) is 0.416. The summed E-state index contributed by atoms with van der Waals surface area (Å²) >= 11 is 0. The average molecular weight is 416 g/mol. The number of pyridine rings is 2. The lowest BCUT2D eigenvalue weighted by atomic mass is 9.90. The van der Waals surface area contributed by atoms with Gasteiger partial charge in [0.1, 0.15) is 23.5 Å². The maximum absolute atomic E-state index is 8.96. The molecule has 2 heterocycles. The van der Waals surface area contributed by atoms with E-state index in [1.165, 1.54) is 12.3 Å². The van der Waals surface area contributed by atoms with Gasteiger partial charge in [-0.2, -0.15) is 10.5 Å². The van der Waals surface area contributed by atoms with E-state index in [9.17, 15) is 0 Å². The number of nitriles is 2. The van der Waals surface area contributed by atoms with E-state index >= 15 is 0 Å². The van der Waals surface area contributed by atoms with Crippen LogP contribution in [0.1, 0.15) is 22.3 Å². The fraction of sp³-hybridized carbons (Fsp3) is 0.0769. The summed E-state index contributed by atoms with van der Waals surface area (Å²) in [5.74, 6) is 1.57. The molecule has 0 atom stereocenters. The Morgan fingerprint density at radius 3 is 2.41 bits per heavy atom. The molecule has 154 valence electrons. The molecule has 0 aliphatic rings. The first-order chi connectivity index (χ1) is 15.5. The average Bonchev–Trinajstić information content (AvgIpc) is 2.78. The van der Waals surface area contributed by atoms with Gasteiger partial charge in [-0.05, 0) is 71.3 Å². The monoisotopic (exact) mass is 416 g/mol. The highest BCUT2D eigenvalue weighted by Gasteiger charge is 2.13. The summed E-state index contributed by atoms with van der Waals surface area (Å²) in [6.45, 7) is 4.13. The van der Waals surface area contributed by atoms with Crippen molar-refractivity contribution in [3.8, 4) is 23.3 Å². The zero-order valence-electron chi connectivity index (χ0n) is 17.7. The number of hydrogen-bond acceptors (Lipinski definition) is 6. The molecular formula is C26H20N6. The molecule has 0 saturated carbocycles. The molecule has 3 N–H and O–H groups in total. The Hall–Kier alpha value is -4.68. The summed E-state index contributed by atoms with van der Waals surface area (Å²) in [5.41, 5.74) is 12.2. The molecule has 0 aliphatic heterocycles. The number of allylic oxidation sites excluding steroid dienone is 1. The molecule has 6 heteroatoms. The van der Waals surface area contributed by atoms with Crippen LogP contribution in [-0.2, 0) is 0 Å². The zero-order valence-corrected chi connectivity index (χ0v) is 17.7. The summed E-state index contributed by atoms with van der Waals surface area (Å²) in [6.07, 6.45) is 4.79. The Balaban J connectivity index is 1.83. The van der Waals surface area contributed by atoms with E-state index in [-0.39, 0.29) is 0 Å². The molecule has 32 heavy (non-hydrogen) atoms. The second-order valence-corrected chi connectivity index (χ2v) is 7.45. The normalized spacial score (nSPS) is 10.8. The fourth-order valence-corrected chi connectivity index (χ4v) is 3.90. The molecular weight excluding hydrogens is 396 g/mol. The van der Waals surface area contributed by atoms with E-state index in [2.05, 4.69) is 53.4 Å². The summed E-state index contributed by atoms with van der Waals surface area (Å²) in [5, 5.41) is 22.8. The number of aryl methyl sites for hydroxylation is 2. The largest absolute Gasteiger partial charge is 0.383 e. The van der Waals surface area contributed by atoms with Crippen LogP contribution < -0.4 is 11.1 Å². The Bertz CT molecular complexity index is 1410. The van der Waals surface area contributed by atoms with Gasteiger partial charge in [-0.1, -0.05) is 30.3 Å². The smallest absolute Gasteiger partial charge is 0.134 e. The van der Waals surface area contributed by atoms with Gasteiger partial charge in [-0.3, -0.25) is 0 Å². The standard InChI is InChI=1S/C26H20N6/c1-16-11-18(5-4-10-27)12-17(2)25(16)20-6-3-7-21-22(20)13-24(32-26(21)29)31-23-9-8-19(14-28)15-30-23/h3-9,11-13,15H,1-2H3,(H3,29,30,31,32). The molecule has 2 aromatic heterocycles. The van der Waals surface area contributed by atoms with Gasteiger partial charge in [-0.15, -0.1) is 0 Å². The zero-order chi connectivity index (χ0) is 22.7. The lowest BCUT2D eigenvalue weighted by Gasteiger charge is -2.16. The van der Waals surface area contributed by atoms with Gasteiger partial charge in [0.15, 0.2) is 0 Å². The van der Waals surface area contributed by atoms with Crippen LogP contribution in [0.25, 0.3) is 28.0 Å². The summed E-state index contributed by atoms with van der Waals surface area (Å²) in [6, 6.07) is 19.6. The van der Waals surface area contributed by atoms with Crippen molar-refractivity contribution in [2.75, 3.05) is 11.1 Å². The number of benzene rings is 2. The van der Waals surface area contributed by atoms with Crippen LogP contribution in [0.15, 0.2) is 60.8 Å². The maximum atomic E-state index is 8.96. The molecule has 4 rings (SSSR count). The first kappa shape index (κ1) is 20.6. The molecule has 4 aromatic rings. The van der Waals surface area contributed by atoms with Crippen molar-refractivity contribution in [2.45, 2.75) is 13.8 Å². The number of nitrogens with one attached hydrogen (secondary N) is 1. The van der Waals surface area contributed by atoms with Gasteiger partial charge in [0.05, 0.1) is 11.6 Å². The predicted octanol–water partition coefficient (Wildman–Crippen LogP) is 5.65. The predicted molar refractivity (Wildman–Crippen MR) is 128 cm³/mol. The number of nitrogens with zero attached hydrogens (tertiary/aromatic N) is 4. The van der Waals surface area contributed by atoms with E-state index in [1.807, 2.05) is 24.3 Å². The van der Waals surface area contributed by atoms with E-state index in [4.69, 9.17) is 16.3 Å². The van der Waals surface area contributed by atoms with Crippen LogP contribution in [0.3, 0.4) is 0 Å². The van der Waals surface area contributed by atoms with Crippen molar-refractivity contribution >= 4 is 34.3 Å². The third-order valence-corrected chi connectivity index (χ3v) is 5.23. The minimum absolute atomic E-state index is 0.421. The van der Waals surface area contributed by atoms with Crippen molar-refractivity contribution in [1.82, 2.24) is 9.97 Å². The Morgan fingerprint density at radius 2 is 1.75 bits per heavy atom. The van der Waals surface area contributed by atoms with Crippen molar-refractivity contribution in [1.29, 1.82) is 10.5 Å². The number of fused-ring (bicyclic) bond motifs is 1. The first-order valence-corrected chi connectivity index (χ1v) is 10.0. The van der Waals surface area contributed by atoms with E-state index in [1.54, 1.807) is 18.2 Å². The third kappa shape index (κ3) is 3.98. The molecule has 0 bridgehead atoms. The summed E-state index contributed by atoms with van der Waals surface area (Å²) in [7, 11) is 0. The van der Waals surface area contributed by atoms with Crippen LogP contribution in [-0.4, -0.2) is 9.97 Å². The molecule has 0 unspecified atom stereocenters. The molecule has 0 amide bonds. The van der Waals surface area contributed by atoms with Crippen molar-refractivity contribution < 1.29 is 0 Å². The number of nitrogens with two attached hydrogens (primary N) is 1. The van der Waals surface area contributed by atoms with Crippen molar-refractivity contribution in [3.05, 3.63) is 83.1 Å². The van der Waals surface area contributed by atoms with Gasteiger partial charge < -0.3 is 11.1 Å². The van der Waals surface area contributed by atoms with Crippen molar-refractivity contribution in [2.24, 2.45) is 0 Å². The van der Waals surface area contributed by atoms with Crippen LogP contribution in [0.2, 0.25) is 0 Å². The van der Waals surface area contributed by atoms with Gasteiger partial charge in [0.25, 0.3) is 0 Å². The molecule has 0 aliphatic carbocycles. The van der Waals surface area contributed by atoms with Crippen molar-refractivity contribution in [3.63, 3.8) is 0 Å². The minimum Gasteiger partial charge on any atom is -0.383 e. The molecule has 0 saturated heterocycles. The number of aromatic nitrogens is 2. The maximum Gasteiger partial charge on any atom is 0.134 e.